The van der Waals surface area contributed by atoms with Gasteiger partial charge >= 0.3 is 0 Å². The van der Waals surface area contributed by atoms with Crippen LogP contribution in [0.2, 0.25) is 0 Å². The maximum Gasteiger partial charge on any atom is 0.257 e. The van der Waals surface area contributed by atoms with Gasteiger partial charge in [0.05, 0.1) is 35.9 Å². The third kappa shape index (κ3) is 7.47. The summed E-state index contributed by atoms with van der Waals surface area (Å²) in [5.74, 6) is 1.20. The zero-order valence-electron chi connectivity index (χ0n) is 29.7. The summed E-state index contributed by atoms with van der Waals surface area (Å²) in [7, 11) is 1.59. The molecule has 2 fully saturated rings. The molecule has 13 heteroatoms. The van der Waals surface area contributed by atoms with E-state index in [1.54, 1.807) is 19.2 Å². The van der Waals surface area contributed by atoms with E-state index >= 15 is 0 Å². The van der Waals surface area contributed by atoms with Crippen LogP contribution in [0.25, 0.3) is 16.7 Å². The number of rotatable bonds is 10. The average molecular weight is 736 g/mol. The van der Waals surface area contributed by atoms with Crippen LogP contribution in [-0.4, -0.2) is 98.4 Å². The number of carbonyl (C=O) groups excluding carboxylic acids is 1. The molecule has 8 rings (SSSR count). The number of benzene rings is 4. The molecule has 1 amide bonds. The molecule has 2 aromatic heterocycles. The predicted octanol–water partition coefficient (Wildman–Crippen LogP) is 6.02. The van der Waals surface area contributed by atoms with Gasteiger partial charge in [0, 0.05) is 38.1 Å². The van der Waals surface area contributed by atoms with E-state index in [1.807, 2.05) is 35.2 Å². The quantitative estimate of drug-likeness (QED) is 0.169. The summed E-state index contributed by atoms with van der Waals surface area (Å²) in [6, 6.07) is 31.1. The molecule has 0 bridgehead atoms. The van der Waals surface area contributed by atoms with Gasteiger partial charge in [-0.05, 0) is 96.4 Å². The maximum atomic E-state index is 14.2. The van der Waals surface area contributed by atoms with Crippen molar-refractivity contribution in [3.05, 3.63) is 126 Å². The largest absolute Gasteiger partial charge is 0.496 e. The Morgan fingerprint density at radius 1 is 0.906 bits per heavy atom. The summed E-state index contributed by atoms with van der Waals surface area (Å²) >= 11 is 0. The van der Waals surface area contributed by atoms with E-state index in [9.17, 15) is 9.18 Å². The number of hydrogen-bond donors (Lipinski definition) is 0. The summed E-state index contributed by atoms with van der Waals surface area (Å²) in [6.07, 6.45) is 4.34. The van der Waals surface area contributed by atoms with Gasteiger partial charge < -0.3 is 24.0 Å². The van der Waals surface area contributed by atoms with Crippen LogP contribution in [0.1, 0.15) is 40.7 Å². The number of aromatic nitrogens is 6. The first-order chi connectivity index (χ1) is 25.5. The Labute approximate surface area is 314 Å². The number of amides is 1. The number of anilines is 1. The Morgan fingerprint density at radius 2 is 1.72 bits per heavy atom. The number of methoxy groups -OCH3 is 1. The molecule has 2 saturated heterocycles. The van der Waals surface area contributed by atoms with Crippen molar-refractivity contribution in [2.24, 2.45) is 0 Å². The highest BCUT2D eigenvalue weighted by Crippen LogP contribution is 2.39. The molecule has 11 nitrogen and oxygen atoms in total. The van der Waals surface area contributed by atoms with Gasteiger partial charge in [0.15, 0.2) is 0 Å². The molecule has 1 unspecified atom stereocenters. The van der Waals surface area contributed by atoms with Gasteiger partial charge in [-0.15, -0.1) is 17.5 Å². The molecule has 274 valence electrons. The number of nitrogens with zero attached hydrogens (tertiary/aromatic N) is 9. The molecule has 4 heterocycles. The van der Waals surface area contributed by atoms with Crippen LogP contribution in [-0.2, 0) is 12.0 Å². The van der Waals surface area contributed by atoms with Crippen LogP contribution in [0.5, 0.6) is 5.75 Å². The number of ether oxygens (including phenoxy) is 1. The molecule has 2 aliphatic heterocycles. The highest BCUT2D eigenvalue weighted by atomic mass is 35.5. The predicted molar refractivity (Wildman–Crippen MR) is 205 cm³/mol. The molecular formula is C40H43ClFN9O2. The lowest BCUT2D eigenvalue weighted by Gasteiger charge is -2.33. The third-order valence-electron chi connectivity index (χ3n) is 10.7. The van der Waals surface area contributed by atoms with Crippen LogP contribution in [0, 0.1) is 5.82 Å². The second-order valence-electron chi connectivity index (χ2n) is 13.8. The lowest BCUT2D eigenvalue weighted by Crippen LogP contribution is -2.39. The highest BCUT2D eigenvalue weighted by Gasteiger charge is 2.42. The number of likely N-dealkylation sites (tertiary alicyclic amines) is 1. The molecule has 0 N–H and O–H groups in total. The van der Waals surface area contributed by atoms with E-state index in [0.29, 0.717) is 36.6 Å². The second kappa shape index (κ2) is 15.7. The Morgan fingerprint density at radius 3 is 2.51 bits per heavy atom. The zero-order valence-corrected chi connectivity index (χ0v) is 30.5. The van der Waals surface area contributed by atoms with Gasteiger partial charge in [0.1, 0.15) is 17.9 Å². The number of para-hydroxylation sites is 2. The van der Waals surface area contributed by atoms with Crippen molar-refractivity contribution < 1.29 is 13.9 Å². The van der Waals surface area contributed by atoms with E-state index in [4.69, 9.17) is 9.72 Å². The minimum Gasteiger partial charge on any atom is -0.496 e. The lowest BCUT2D eigenvalue weighted by atomic mass is 9.76. The molecule has 0 aliphatic carbocycles. The Bertz CT molecular complexity index is 2150. The monoisotopic (exact) mass is 735 g/mol. The van der Waals surface area contributed by atoms with Crippen molar-refractivity contribution in [2.45, 2.75) is 31.2 Å². The average Bonchev–Trinajstić information content (AvgIpc) is 3.92. The van der Waals surface area contributed by atoms with Crippen molar-refractivity contribution in [3.8, 4) is 11.4 Å². The molecule has 0 saturated carbocycles. The van der Waals surface area contributed by atoms with E-state index in [1.165, 1.54) is 28.7 Å². The smallest absolute Gasteiger partial charge is 0.257 e. The van der Waals surface area contributed by atoms with Crippen molar-refractivity contribution >= 4 is 35.3 Å². The van der Waals surface area contributed by atoms with Crippen molar-refractivity contribution in [2.75, 3.05) is 57.8 Å². The molecular weight excluding hydrogens is 693 g/mol. The number of halogens is 2. The minimum atomic E-state index is -0.231. The Hall–Kier alpha value is -5.33. The maximum absolute atomic E-state index is 14.2. The molecule has 2 aliphatic rings. The molecule has 6 aromatic rings. The summed E-state index contributed by atoms with van der Waals surface area (Å²) in [6.45, 7) is 6.49. The molecule has 0 radical (unpaired) electrons. The first kappa shape index (κ1) is 36.0. The summed E-state index contributed by atoms with van der Waals surface area (Å²) < 4.78 is 23.1. The van der Waals surface area contributed by atoms with Crippen molar-refractivity contribution in [3.63, 3.8) is 0 Å². The molecule has 4 aromatic carbocycles. The van der Waals surface area contributed by atoms with Gasteiger partial charge in [-0.1, -0.05) is 54.6 Å². The highest BCUT2D eigenvalue weighted by molar-refractivity contribution is 5.98. The van der Waals surface area contributed by atoms with Crippen LogP contribution in [0.15, 0.2) is 103 Å². The van der Waals surface area contributed by atoms with Crippen molar-refractivity contribution in [1.29, 1.82) is 0 Å². The molecule has 0 spiro atoms. The normalized spacial score (nSPS) is 17.8. The van der Waals surface area contributed by atoms with E-state index < -0.39 is 0 Å². The molecule has 53 heavy (non-hydrogen) atoms. The SMILES string of the molecule is COc1ccc(-n2cnnn2)cc1C(=O)N1CCC(CCN2CCCN(c3nc4ccccc4n3Cc3ccc(F)cc3)CC2)(c2ccccc2)C1.Cl. The standard InChI is InChI=1S/C40H42FN9O2.ClH/c1-52-37-17-16-33(50-29-42-44-45-50)26-34(37)38(51)48-23-19-40(28-48,31-8-3-2-4-9-31)18-22-46-20-7-21-47(25-24-46)39-43-35-10-5-6-11-36(35)49(39)27-30-12-14-32(41)15-13-30;/h2-6,8-17,26,29H,7,18-25,27-28H2,1H3;1H. The Kier molecular flexibility index (Phi) is 10.7. The van der Waals surface area contributed by atoms with Crippen LogP contribution in [0.3, 0.4) is 0 Å². The Balaban J connectivity index is 0.00000435. The number of tetrazole rings is 1. The first-order valence-electron chi connectivity index (χ1n) is 17.9. The fourth-order valence-electron chi connectivity index (χ4n) is 7.88. The summed E-state index contributed by atoms with van der Waals surface area (Å²) in [5, 5.41) is 11.5. The van der Waals surface area contributed by atoms with E-state index in [2.05, 4.69) is 72.4 Å². The fraction of sp³-hybridized carbons (Fsp3) is 0.325. The van der Waals surface area contributed by atoms with Gasteiger partial charge in [0.25, 0.3) is 5.91 Å². The van der Waals surface area contributed by atoms with Crippen molar-refractivity contribution in [1.82, 2.24) is 39.6 Å². The van der Waals surface area contributed by atoms with Gasteiger partial charge in [-0.2, -0.15) is 0 Å². The minimum absolute atomic E-state index is 0. The third-order valence-corrected chi connectivity index (χ3v) is 10.7. The number of imidazole rings is 1. The first-order valence-corrected chi connectivity index (χ1v) is 17.9. The number of hydrogen-bond acceptors (Lipinski definition) is 8. The zero-order chi connectivity index (χ0) is 35.5. The van der Waals surface area contributed by atoms with Crippen LogP contribution < -0.4 is 9.64 Å². The van der Waals surface area contributed by atoms with Gasteiger partial charge in [0.2, 0.25) is 5.95 Å². The molecule has 1 atom stereocenters. The summed E-state index contributed by atoms with van der Waals surface area (Å²) in [4.78, 5) is 26.2. The second-order valence-corrected chi connectivity index (χ2v) is 13.8. The van der Waals surface area contributed by atoms with E-state index in [-0.39, 0.29) is 29.5 Å². The summed E-state index contributed by atoms with van der Waals surface area (Å²) in [5.41, 5.74) is 5.37. The van der Waals surface area contributed by atoms with Gasteiger partial charge in [-0.25, -0.2) is 14.1 Å². The van der Waals surface area contributed by atoms with Crippen LogP contribution >= 0.6 is 12.4 Å². The van der Waals surface area contributed by atoms with Gasteiger partial charge in [-0.3, -0.25) is 4.79 Å². The van der Waals surface area contributed by atoms with Crippen LogP contribution in [0.4, 0.5) is 10.3 Å². The topological polar surface area (TPSA) is 97.4 Å². The number of fused-ring (bicyclic) bond motifs is 1. The number of carbonyl (C=O) groups is 1. The van der Waals surface area contributed by atoms with E-state index in [0.717, 1.165) is 74.5 Å². The fourth-order valence-corrected chi connectivity index (χ4v) is 7.88. The lowest BCUT2D eigenvalue weighted by molar-refractivity contribution is 0.0777.